The van der Waals surface area contributed by atoms with Crippen LogP contribution in [0.4, 0.5) is 0 Å². The van der Waals surface area contributed by atoms with E-state index in [0.29, 0.717) is 4.88 Å². The first-order valence-electron chi connectivity index (χ1n) is 2.24. The number of thiophene rings is 1. The largest absolute Gasteiger partial charge is 0.390 e. The first kappa shape index (κ1) is 6.64. The number of hydrogen-bond donors (Lipinski definition) is 1. The Morgan fingerprint density at radius 3 is 3.00 bits per heavy atom. The summed E-state index contributed by atoms with van der Waals surface area (Å²) in [5.41, 5.74) is 0. The molecule has 0 unspecified atom stereocenters. The Hall–Kier alpha value is -0.480. The van der Waals surface area contributed by atoms with Crippen molar-refractivity contribution in [3.05, 3.63) is 22.4 Å². The molecule has 1 aromatic heterocycles. The molecule has 0 bridgehead atoms. The minimum atomic E-state index is -0.395. The number of thiol groups is 1. The molecule has 1 rings (SSSR count). The molecular weight excluding hydrogens is 156 g/mol. The fourth-order valence-electron chi connectivity index (χ4n) is 0.440. The second-order valence-electron chi connectivity index (χ2n) is 1.36. The number of carbonyl (C=O) groups is 1. The van der Waals surface area contributed by atoms with E-state index in [-0.39, 0.29) is 0 Å². The predicted octanol–water partition coefficient (Wildman–Crippen LogP) is 1.75. The van der Waals surface area contributed by atoms with Crippen LogP contribution in [-0.2, 0) is 4.18 Å². The molecule has 0 aromatic carbocycles. The third kappa shape index (κ3) is 1.46. The van der Waals surface area contributed by atoms with Crippen molar-refractivity contribution in [1.29, 1.82) is 0 Å². The maximum absolute atomic E-state index is 10.6. The van der Waals surface area contributed by atoms with Crippen LogP contribution >= 0.6 is 24.2 Å². The maximum atomic E-state index is 10.6. The van der Waals surface area contributed by atoms with Gasteiger partial charge in [0.05, 0.1) is 0 Å². The highest BCUT2D eigenvalue weighted by molar-refractivity contribution is 7.75. The van der Waals surface area contributed by atoms with Gasteiger partial charge in [-0.1, -0.05) is 6.07 Å². The Bertz CT molecular complexity index is 193. The van der Waals surface area contributed by atoms with Gasteiger partial charge in [-0.25, -0.2) is 4.79 Å². The molecule has 0 spiro atoms. The van der Waals surface area contributed by atoms with E-state index in [0.717, 1.165) is 0 Å². The van der Waals surface area contributed by atoms with E-state index in [1.807, 2.05) is 0 Å². The van der Waals surface area contributed by atoms with Gasteiger partial charge in [0.2, 0.25) is 0 Å². The normalized spacial score (nSPS) is 9.00. The molecule has 0 atom stereocenters. The van der Waals surface area contributed by atoms with Gasteiger partial charge in [-0.3, -0.25) is 0 Å². The third-order valence-electron chi connectivity index (χ3n) is 0.805. The zero-order valence-electron chi connectivity index (χ0n) is 4.40. The van der Waals surface area contributed by atoms with Crippen molar-refractivity contribution in [2.24, 2.45) is 0 Å². The lowest BCUT2D eigenvalue weighted by molar-refractivity contribution is 0.0777. The van der Waals surface area contributed by atoms with Crippen molar-refractivity contribution in [3.8, 4) is 0 Å². The van der Waals surface area contributed by atoms with E-state index in [9.17, 15) is 4.79 Å². The van der Waals surface area contributed by atoms with E-state index >= 15 is 0 Å². The van der Waals surface area contributed by atoms with Crippen LogP contribution < -0.4 is 0 Å². The number of carbonyl (C=O) groups excluding carboxylic acids is 1. The quantitative estimate of drug-likeness (QED) is 0.500. The van der Waals surface area contributed by atoms with Crippen LogP contribution in [0.15, 0.2) is 17.5 Å². The smallest absolute Gasteiger partial charge is 0.360 e. The zero-order chi connectivity index (χ0) is 6.69. The minimum Gasteiger partial charge on any atom is -0.390 e. The lowest BCUT2D eigenvalue weighted by atomic mass is 10.5. The van der Waals surface area contributed by atoms with Crippen molar-refractivity contribution >= 4 is 30.2 Å². The summed E-state index contributed by atoms with van der Waals surface area (Å²) in [6, 6.07) is 3.47. The average molecular weight is 160 g/mol. The molecule has 9 heavy (non-hydrogen) atoms. The van der Waals surface area contributed by atoms with Crippen molar-refractivity contribution in [2.75, 3.05) is 0 Å². The first-order valence-corrected chi connectivity index (χ1v) is 3.48. The van der Waals surface area contributed by atoms with Crippen molar-refractivity contribution in [2.45, 2.75) is 0 Å². The molecule has 0 N–H and O–H groups in total. The van der Waals surface area contributed by atoms with Crippen LogP contribution in [-0.4, -0.2) is 5.97 Å². The van der Waals surface area contributed by atoms with Gasteiger partial charge in [-0.2, -0.15) is 0 Å². The Kier molecular flexibility index (Phi) is 2.13. The highest BCUT2D eigenvalue weighted by atomic mass is 32.1. The van der Waals surface area contributed by atoms with Crippen LogP contribution in [0.2, 0.25) is 0 Å². The molecule has 0 aliphatic rings. The summed E-state index contributed by atoms with van der Waals surface area (Å²) in [6.07, 6.45) is 0. The summed E-state index contributed by atoms with van der Waals surface area (Å²) in [4.78, 5) is 11.2. The lowest BCUT2D eigenvalue weighted by Crippen LogP contribution is -1.92. The van der Waals surface area contributed by atoms with Gasteiger partial charge in [-0.15, -0.1) is 11.3 Å². The predicted molar refractivity (Wildman–Crippen MR) is 38.7 cm³/mol. The monoisotopic (exact) mass is 160 g/mol. The van der Waals surface area contributed by atoms with Gasteiger partial charge in [0.25, 0.3) is 0 Å². The number of hydrogen-bond acceptors (Lipinski definition) is 4. The zero-order valence-corrected chi connectivity index (χ0v) is 6.11. The Labute approximate surface area is 62.1 Å². The van der Waals surface area contributed by atoms with Gasteiger partial charge >= 0.3 is 5.97 Å². The van der Waals surface area contributed by atoms with E-state index in [4.69, 9.17) is 0 Å². The van der Waals surface area contributed by atoms with Crippen LogP contribution in [0.3, 0.4) is 0 Å². The van der Waals surface area contributed by atoms with E-state index in [1.165, 1.54) is 11.3 Å². The van der Waals surface area contributed by atoms with E-state index in [2.05, 4.69) is 17.1 Å². The van der Waals surface area contributed by atoms with Gasteiger partial charge < -0.3 is 4.18 Å². The van der Waals surface area contributed by atoms with E-state index in [1.54, 1.807) is 17.5 Å². The topological polar surface area (TPSA) is 26.3 Å². The summed E-state index contributed by atoms with van der Waals surface area (Å²) in [5, 5.41) is 1.81. The summed E-state index contributed by atoms with van der Waals surface area (Å²) in [6.45, 7) is 0. The van der Waals surface area contributed by atoms with Crippen LogP contribution in [0.1, 0.15) is 9.67 Å². The minimum absolute atomic E-state index is 0.395. The molecule has 0 aliphatic heterocycles. The average Bonchev–Trinajstić information content (AvgIpc) is 2.37. The molecule has 0 fully saturated rings. The molecule has 0 aliphatic carbocycles. The Morgan fingerprint density at radius 1 is 1.78 bits per heavy atom. The molecule has 4 heteroatoms. The van der Waals surface area contributed by atoms with E-state index < -0.39 is 5.97 Å². The first-order chi connectivity index (χ1) is 4.34. The van der Waals surface area contributed by atoms with Crippen molar-refractivity contribution in [3.63, 3.8) is 0 Å². The fraction of sp³-hybridized carbons (Fsp3) is 0. The summed E-state index contributed by atoms with van der Waals surface area (Å²) < 4.78 is 4.16. The Balaban J connectivity index is 2.77. The highest BCUT2D eigenvalue weighted by Gasteiger charge is 2.04. The van der Waals surface area contributed by atoms with Gasteiger partial charge in [0, 0.05) is 12.9 Å². The molecule has 2 nitrogen and oxygen atoms in total. The molecule has 0 saturated heterocycles. The van der Waals surface area contributed by atoms with Gasteiger partial charge in [-0.05, 0) is 11.4 Å². The molecule has 48 valence electrons. The molecule has 1 heterocycles. The summed E-state index contributed by atoms with van der Waals surface area (Å²) in [5.74, 6) is -0.395. The SMILES string of the molecule is O=C(OS)c1cccs1. The molecular formula is C5H4O2S2. The Morgan fingerprint density at radius 2 is 2.56 bits per heavy atom. The summed E-state index contributed by atoms with van der Waals surface area (Å²) >= 11 is 4.69. The summed E-state index contributed by atoms with van der Waals surface area (Å²) in [7, 11) is 0. The molecule has 0 radical (unpaired) electrons. The standard InChI is InChI=1S/C5H4O2S2/c6-5(7-8)4-2-1-3-9-4/h1-3,8H. The van der Waals surface area contributed by atoms with Crippen LogP contribution in [0.25, 0.3) is 0 Å². The van der Waals surface area contributed by atoms with Crippen molar-refractivity contribution in [1.82, 2.24) is 0 Å². The second kappa shape index (κ2) is 2.89. The third-order valence-corrected chi connectivity index (χ3v) is 1.82. The molecule has 0 saturated carbocycles. The molecule has 1 aromatic rings. The number of rotatable bonds is 1. The lowest BCUT2D eigenvalue weighted by Gasteiger charge is -1.87. The van der Waals surface area contributed by atoms with Crippen molar-refractivity contribution < 1.29 is 8.98 Å². The fourth-order valence-corrected chi connectivity index (χ4v) is 1.20. The maximum Gasteiger partial charge on any atom is 0.360 e. The van der Waals surface area contributed by atoms with Gasteiger partial charge in [0.15, 0.2) is 0 Å². The van der Waals surface area contributed by atoms with Crippen LogP contribution in [0.5, 0.6) is 0 Å². The van der Waals surface area contributed by atoms with Gasteiger partial charge in [0.1, 0.15) is 4.88 Å². The van der Waals surface area contributed by atoms with Crippen LogP contribution in [0, 0.1) is 0 Å². The molecule has 0 amide bonds. The second-order valence-corrected chi connectivity index (χ2v) is 2.49. The highest BCUT2D eigenvalue weighted by Crippen LogP contribution is 2.09.